The quantitative estimate of drug-likeness (QED) is 0.406. The van der Waals surface area contributed by atoms with Crippen LogP contribution in [-0.4, -0.2) is 12.7 Å². The summed E-state index contributed by atoms with van der Waals surface area (Å²) in [6.07, 6.45) is 16.3. The van der Waals surface area contributed by atoms with Crippen LogP contribution in [0.15, 0.2) is 12.1 Å². The highest BCUT2D eigenvalue weighted by atomic mass is 19.2. The van der Waals surface area contributed by atoms with Crippen LogP contribution in [0.5, 0.6) is 0 Å². The molecule has 0 N–H and O–H groups in total. The lowest BCUT2D eigenvalue weighted by atomic mass is 9.74. The van der Waals surface area contributed by atoms with Crippen molar-refractivity contribution in [3.05, 3.63) is 34.9 Å². The Morgan fingerprint density at radius 1 is 0.750 bits per heavy atom. The zero-order valence-electron chi connectivity index (χ0n) is 20.4. The first kappa shape index (κ1) is 24.2. The summed E-state index contributed by atoms with van der Waals surface area (Å²) in [5.74, 6) is 1.35. The van der Waals surface area contributed by atoms with Crippen molar-refractivity contribution in [1.29, 1.82) is 0 Å². The van der Waals surface area contributed by atoms with Gasteiger partial charge in [0, 0.05) is 6.61 Å². The normalized spacial score (nSPS) is 33.9. The summed E-state index contributed by atoms with van der Waals surface area (Å²) in [4.78, 5) is 0. The third-order valence-electron chi connectivity index (χ3n) is 9.11. The summed E-state index contributed by atoms with van der Waals surface area (Å²) in [6, 6.07) is 3.83. The summed E-state index contributed by atoms with van der Waals surface area (Å²) >= 11 is 0. The van der Waals surface area contributed by atoms with E-state index in [9.17, 15) is 0 Å². The molecule has 0 aromatic heterocycles. The molecule has 1 nitrogen and oxygen atoms in total. The smallest absolute Gasteiger partial charge is 0.162 e. The lowest BCUT2D eigenvalue weighted by molar-refractivity contribution is -0.0578. The number of hydrogen-bond acceptors (Lipinski definition) is 1. The first-order valence-corrected chi connectivity index (χ1v) is 13.7. The van der Waals surface area contributed by atoms with Gasteiger partial charge in [-0.05, 0) is 111 Å². The Morgan fingerprint density at radius 3 is 1.81 bits per heavy atom. The lowest BCUT2D eigenvalue weighted by Gasteiger charge is -2.38. The Morgan fingerprint density at radius 2 is 1.31 bits per heavy atom. The molecular weight excluding hydrogens is 402 g/mol. The first-order valence-electron chi connectivity index (χ1n) is 13.7. The molecule has 1 aliphatic heterocycles. The summed E-state index contributed by atoms with van der Waals surface area (Å²) in [5.41, 5.74) is 1.25. The molecule has 1 heterocycles. The number of hydrogen-bond donors (Lipinski definition) is 0. The molecule has 3 aliphatic rings. The first-order chi connectivity index (χ1) is 15.6. The van der Waals surface area contributed by atoms with E-state index in [2.05, 4.69) is 13.8 Å². The molecule has 0 amide bonds. The van der Waals surface area contributed by atoms with E-state index in [1.54, 1.807) is 0 Å². The molecule has 2 unspecified atom stereocenters. The fourth-order valence-corrected chi connectivity index (χ4v) is 6.81. The van der Waals surface area contributed by atoms with E-state index in [1.165, 1.54) is 38.5 Å². The SMILES string of the molecule is CCCCC1CCC(C2CCC(c3ccc(C4CCC(CC)CC4)c(F)c3F)CC2)OC1. The lowest BCUT2D eigenvalue weighted by Crippen LogP contribution is -2.34. The average molecular weight is 447 g/mol. The summed E-state index contributed by atoms with van der Waals surface area (Å²) in [6.45, 7) is 5.41. The maximum absolute atomic E-state index is 15.1. The van der Waals surface area contributed by atoms with Crippen molar-refractivity contribution in [3.63, 3.8) is 0 Å². The van der Waals surface area contributed by atoms with Gasteiger partial charge in [-0.2, -0.15) is 0 Å². The van der Waals surface area contributed by atoms with Gasteiger partial charge in [0.05, 0.1) is 6.10 Å². The highest BCUT2D eigenvalue weighted by Gasteiger charge is 2.34. The Bertz CT molecular complexity index is 708. The summed E-state index contributed by atoms with van der Waals surface area (Å²) in [7, 11) is 0. The zero-order valence-corrected chi connectivity index (χ0v) is 20.4. The van der Waals surface area contributed by atoms with Crippen LogP contribution >= 0.6 is 0 Å². The van der Waals surface area contributed by atoms with Crippen LogP contribution in [-0.2, 0) is 4.74 Å². The second-order valence-electron chi connectivity index (χ2n) is 11.1. The highest BCUT2D eigenvalue weighted by molar-refractivity contribution is 5.32. The molecule has 0 spiro atoms. The molecule has 0 bridgehead atoms. The van der Waals surface area contributed by atoms with E-state index in [0.29, 0.717) is 23.1 Å². The maximum atomic E-state index is 15.1. The number of ether oxygens (including phenoxy) is 1. The molecule has 1 aromatic carbocycles. The van der Waals surface area contributed by atoms with E-state index >= 15 is 8.78 Å². The van der Waals surface area contributed by atoms with Gasteiger partial charge in [-0.1, -0.05) is 45.2 Å². The van der Waals surface area contributed by atoms with Gasteiger partial charge in [-0.15, -0.1) is 0 Å². The van der Waals surface area contributed by atoms with E-state index in [-0.39, 0.29) is 11.8 Å². The minimum absolute atomic E-state index is 0.159. The molecule has 1 aromatic rings. The number of rotatable bonds is 7. The monoisotopic (exact) mass is 446 g/mol. The zero-order chi connectivity index (χ0) is 22.5. The van der Waals surface area contributed by atoms with Gasteiger partial charge in [-0.25, -0.2) is 8.78 Å². The van der Waals surface area contributed by atoms with Crippen molar-refractivity contribution < 1.29 is 13.5 Å². The predicted octanol–water partition coefficient (Wildman–Crippen LogP) is 8.91. The number of benzene rings is 1. The molecule has 180 valence electrons. The van der Waals surface area contributed by atoms with Crippen molar-refractivity contribution in [3.8, 4) is 0 Å². The molecule has 0 radical (unpaired) electrons. The van der Waals surface area contributed by atoms with Crippen LogP contribution < -0.4 is 0 Å². The van der Waals surface area contributed by atoms with Crippen LogP contribution in [0.25, 0.3) is 0 Å². The molecule has 4 rings (SSSR count). The standard InChI is InChI=1S/C29H44F2O/c1-3-5-6-21-9-18-27(32-19-21)24-14-12-23(13-15-24)26-17-16-25(28(30)29(26)31)22-10-7-20(4-2)8-11-22/h16-17,20-24,27H,3-15,18-19H2,1-2H3. The maximum Gasteiger partial charge on any atom is 0.162 e. The molecule has 2 aliphatic carbocycles. The van der Waals surface area contributed by atoms with Crippen molar-refractivity contribution in [1.82, 2.24) is 0 Å². The number of unbranched alkanes of at least 4 members (excludes halogenated alkanes) is 1. The Hall–Kier alpha value is -0.960. The van der Waals surface area contributed by atoms with E-state index in [0.717, 1.165) is 69.8 Å². The van der Waals surface area contributed by atoms with Crippen LogP contribution in [0.4, 0.5) is 8.78 Å². The molecule has 2 atom stereocenters. The van der Waals surface area contributed by atoms with Crippen molar-refractivity contribution in [2.45, 2.75) is 122 Å². The van der Waals surface area contributed by atoms with Crippen molar-refractivity contribution in [2.75, 3.05) is 6.61 Å². The largest absolute Gasteiger partial charge is 0.378 e. The molecular formula is C29H44F2O. The van der Waals surface area contributed by atoms with Gasteiger partial charge >= 0.3 is 0 Å². The van der Waals surface area contributed by atoms with Crippen LogP contribution in [0.1, 0.15) is 127 Å². The molecule has 3 heteroatoms. The number of halogens is 2. The van der Waals surface area contributed by atoms with E-state index < -0.39 is 11.6 Å². The van der Waals surface area contributed by atoms with Gasteiger partial charge in [0.15, 0.2) is 11.6 Å². The van der Waals surface area contributed by atoms with Crippen molar-refractivity contribution >= 4 is 0 Å². The van der Waals surface area contributed by atoms with E-state index in [1.807, 2.05) is 12.1 Å². The summed E-state index contributed by atoms with van der Waals surface area (Å²) < 4.78 is 36.5. The molecule has 32 heavy (non-hydrogen) atoms. The topological polar surface area (TPSA) is 9.23 Å². The molecule has 1 saturated heterocycles. The Balaban J connectivity index is 1.31. The Labute approximate surface area is 194 Å². The third-order valence-corrected chi connectivity index (χ3v) is 9.11. The van der Waals surface area contributed by atoms with Crippen molar-refractivity contribution in [2.24, 2.45) is 17.8 Å². The van der Waals surface area contributed by atoms with Gasteiger partial charge in [0.1, 0.15) is 0 Å². The fourth-order valence-electron chi connectivity index (χ4n) is 6.81. The summed E-state index contributed by atoms with van der Waals surface area (Å²) in [5, 5.41) is 0. The predicted molar refractivity (Wildman–Crippen MR) is 128 cm³/mol. The average Bonchev–Trinajstić information content (AvgIpc) is 2.85. The molecule has 2 saturated carbocycles. The second kappa shape index (κ2) is 11.4. The second-order valence-corrected chi connectivity index (χ2v) is 11.1. The fraction of sp³-hybridized carbons (Fsp3) is 0.793. The van der Waals surface area contributed by atoms with Gasteiger partial charge in [0.2, 0.25) is 0 Å². The van der Waals surface area contributed by atoms with Gasteiger partial charge in [0.25, 0.3) is 0 Å². The highest BCUT2D eigenvalue weighted by Crippen LogP contribution is 2.43. The van der Waals surface area contributed by atoms with Gasteiger partial charge < -0.3 is 4.74 Å². The van der Waals surface area contributed by atoms with Crippen LogP contribution in [0.3, 0.4) is 0 Å². The molecule has 3 fully saturated rings. The van der Waals surface area contributed by atoms with E-state index in [4.69, 9.17) is 4.74 Å². The third kappa shape index (κ3) is 5.57. The van der Waals surface area contributed by atoms with Gasteiger partial charge in [-0.3, -0.25) is 0 Å². The van der Waals surface area contributed by atoms with Crippen LogP contribution in [0.2, 0.25) is 0 Å². The minimum atomic E-state index is -0.559. The minimum Gasteiger partial charge on any atom is -0.378 e. The van der Waals surface area contributed by atoms with Crippen LogP contribution in [0, 0.1) is 29.4 Å². The Kier molecular flexibility index (Phi) is 8.65.